The van der Waals surface area contributed by atoms with Gasteiger partial charge in [-0.15, -0.1) is 0 Å². The normalized spacial score (nSPS) is 17.4. The van der Waals surface area contributed by atoms with Gasteiger partial charge in [0.15, 0.2) is 0 Å². The third-order valence-electron chi connectivity index (χ3n) is 8.83. The molecule has 80 heavy (non-hydrogen) atoms. The molecule has 0 aliphatic rings. The molecule has 0 atom stereocenters. The lowest BCUT2D eigenvalue weighted by molar-refractivity contribution is -0.493. The highest BCUT2D eigenvalue weighted by molar-refractivity contribution is 6.64. The molecule has 0 radical (unpaired) electrons. The summed E-state index contributed by atoms with van der Waals surface area (Å²) < 4.78 is 714. The molecule has 482 valence electrons. The summed E-state index contributed by atoms with van der Waals surface area (Å²) in [4.78, 5) is 0. The SMILES string of the molecule is FC(F)(F)C(F)(F)O[Si](OC(F)(F)C(F)(F)F)(OC(F)(F)C(F)(F)F)C(F)(F)C(F)(F)C(F)(F)C(F)(F)C(F)(F)C(F)(F)C(F)(F)C(F)(F)C(F)(F)C(F)(F)C(F)(F)C(F)(F)C(F)(F)C(F)(F)C(F)(F)C(F)(F)C(F)(F)C(F)(F)F. The molecule has 0 amide bonds. The highest BCUT2D eigenvalue weighted by atomic mass is 28.4. The smallest absolute Gasteiger partial charge is 0.302 e. The zero-order valence-corrected chi connectivity index (χ0v) is 34.4. The quantitative estimate of drug-likeness (QED) is 0.0754. The largest absolute Gasteiger partial charge is 0.595 e. The van der Waals surface area contributed by atoms with E-state index in [0.717, 1.165) is 13.3 Å². The Morgan fingerprint density at radius 2 is 0.250 bits per heavy atom. The molecule has 0 aliphatic carbocycles. The molecule has 0 aromatic rings. The van der Waals surface area contributed by atoms with Gasteiger partial charge < -0.3 is 13.3 Å². The van der Waals surface area contributed by atoms with E-state index in [-0.39, 0.29) is 0 Å². The van der Waals surface area contributed by atoms with Gasteiger partial charge in [-0.1, -0.05) is 0 Å². The summed E-state index contributed by atoms with van der Waals surface area (Å²) in [6, 6.07) is 0. The van der Waals surface area contributed by atoms with Crippen molar-refractivity contribution in [3.63, 3.8) is 0 Å². The van der Waals surface area contributed by atoms with Crippen LogP contribution in [0.25, 0.3) is 0 Å². The second kappa shape index (κ2) is 18.7. The molecule has 0 unspecified atom stereocenters. The Bertz CT molecular complexity index is 2130. The first kappa shape index (κ1) is 76.5. The van der Waals surface area contributed by atoms with Crippen molar-refractivity contribution in [2.45, 2.75) is 143 Å². The van der Waals surface area contributed by atoms with E-state index in [1.165, 1.54) is 0 Å². The first-order valence-corrected chi connectivity index (χ1v) is 18.0. The van der Waals surface area contributed by atoms with Gasteiger partial charge in [-0.2, -0.15) is 228 Å². The maximum Gasteiger partial charge on any atom is 0.595 e. The Kier molecular flexibility index (Phi) is 17.9. The molecule has 0 bridgehead atoms. The molecule has 0 fully saturated rings. The summed E-state index contributed by atoms with van der Waals surface area (Å²) in [7, 11) is -12.5. The van der Waals surface area contributed by atoms with E-state index in [2.05, 4.69) is 0 Å². The fourth-order valence-corrected chi connectivity index (χ4v) is 6.67. The molecule has 0 N–H and O–H groups in total. The van der Waals surface area contributed by atoms with Gasteiger partial charge in [0.05, 0.1) is 0 Å². The van der Waals surface area contributed by atoms with Gasteiger partial charge in [-0.25, -0.2) is 0 Å². The number of alkyl halides is 52. The summed E-state index contributed by atoms with van der Waals surface area (Å²) in [5.74, 6) is -171. The topological polar surface area (TPSA) is 27.7 Å². The van der Waals surface area contributed by atoms with E-state index in [1.54, 1.807) is 0 Å². The number of hydrogen-bond acceptors (Lipinski definition) is 3. The lowest BCUT2D eigenvalue weighted by Crippen LogP contribution is -2.82. The van der Waals surface area contributed by atoms with Crippen molar-refractivity contribution in [2.24, 2.45) is 0 Å². The summed E-state index contributed by atoms with van der Waals surface area (Å²) in [5.41, 5.74) is -10.7. The van der Waals surface area contributed by atoms with Crippen molar-refractivity contribution < 1.29 is 242 Å². The molecule has 56 heteroatoms. The van der Waals surface area contributed by atoms with Crippen LogP contribution in [0.15, 0.2) is 0 Å². The van der Waals surface area contributed by atoms with Crippen molar-refractivity contribution in [1.29, 1.82) is 0 Å². The van der Waals surface area contributed by atoms with Crippen molar-refractivity contribution in [2.75, 3.05) is 0 Å². The third-order valence-corrected chi connectivity index (χ3v) is 11.5. The zero-order chi connectivity index (χ0) is 66.6. The Morgan fingerprint density at radius 1 is 0.138 bits per heavy atom. The highest BCUT2D eigenvalue weighted by Crippen LogP contribution is 2.71. The van der Waals surface area contributed by atoms with Crippen LogP contribution >= 0.6 is 0 Å². The van der Waals surface area contributed by atoms with E-state index < -0.39 is 152 Å². The second-order valence-corrected chi connectivity index (χ2v) is 16.5. The third kappa shape index (κ3) is 9.71. The van der Waals surface area contributed by atoms with Crippen molar-refractivity contribution in [3.05, 3.63) is 0 Å². The van der Waals surface area contributed by atoms with Crippen molar-refractivity contribution in [3.8, 4) is 0 Å². The molecule has 0 saturated carbocycles. The van der Waals surface area contributed by atoms with Crippen molar-refractivity contribution in [1.82, 2.24) is 0 Å². The maximum atomic E-state index is 15.0. The van der Waals surface area contributed by atoms with Crippen LogP contribution < -0.4 is 0 Å². The van der Waals surface area contributed by atoms with Gasteiger partial charge in [0.1, 0.15) is 0 Å². The fraction of sp³-hybridized carbons (Fsp3) is 1.00. The molecule has 3 nitrogen and oxygen atoms in total. The lowest BCUT2D eigenvalue weighted by atomic mass is 9.82. The second-order valence-electron chi connectivity index (χ2n) is 14.2. The summed E-state index contributed by atoms with van der Waals surface area (Å²) in [6.45, 7) is 0. The fourth-order valence-electron chi connectivity index (χ4n) is 4.26. The molecule has 0 aromatic heterocycles. The van der Waals surface area contributed by atoms with Crippen LogP contribution in [0.1, 0.15) is 0 Å². The van der Waals surface area contributed by atoms with Crippen LogP contribution in [0, 0.1) is 0 Å². The van der Waals surface area contributed by atoms with E-state index in [4.69, 9.17) is 0 Å². The Morgan fingerprint density at radius 3 is 0.362 bits per heavy atom. The Hall–Kier alpha value is -3.54. The van der Waals surface area contributed by atoms with Crippen LogP contribution in [0.5, 0.6) is 0 Å². The monoisotopic (exact) mass is 1350 g/mol. The summed E-state index contributed by atoms with van der Waals surface area (Å²) >= 11 is 0. The molecular formula is C24F52O3Si. The minimum absolute atomic E-state index is 0.794. The average Bonchev–Trinajstić information content (AvgIpc) is 3.17. The molecule has 0 rings (SSSR count). The van der Waals surface area contributed by atoms with Gasteiger partial charge in [0.2, 0.25) is 0 Å². The van der Waals surface area contributed by atoms with Crippen LogP contribution in [0.4, 0.5) is 228 Å². The molecule has 0 aliphatic heterocycles. The zero-order valence-electron chi connectivity index (χ0n) is 33.4. The highest BCUT2D eigenvalue weighted by Gasteiger charge is 3.04. The van der Waals surface area contributed by atoms with Gasteiger partial charge in [0.25, 0.3) is 0 Å². The standard InChI is InChI=1S/C24F52O3Si/c25-1(26,3(29,30)5(33,34)7(37,38)9(41,42)11(45,46)13(49,50)15(53,54)17(57,58)59)2(27,28)4(31,32)6(35,36)8(39,40)10(43,44)12(47,48)14(51,52)16(55,56)24(75,76)80(77-21(69,70)18(60,61)62,78-22(71,72)19(63,64)65)79-23(73,74)20(66,67)68. The minimum Gasteiger partial charge on any atom is -0.302 e. The molecule has 0 aromatic carbocycles. The maximum absolute atomic E-state index is 15.0. The van der Waals surface area contributed by atoms with Gasteiger partial charge in [-0.05, 0) is 0 Å². The first-order valence-electron chi connectivity index (χ1n) is 16.3. The molecule has 0 saturated heterocycles. The van der Waals surface area contributed by atoms with E-state index in [0.29, 0.717) is 0 Å². The average molecular weight is 1350 g/mol. The van der Waals surface area contributed by atoms with E-state index >= 15 is 8.78 Å². The van der Waals surface area contributed by atoms with E-state index in [1.807, 2.05) is 0 Å². The summed E-state index contributed by atoms with van der Waals surface area (Å²) in [5, 5.41) is 0. The number of hydrogen-bond donors (Lipinski definition) is 0. The number of rotatable bonds is 23. The predicted molar refractivity (Wildman–Crippen MR) is 132 cm³/mol. The van der Waals surface area contributed by atoms with Crippen LogP contribution in [-0.2, 0) is 13.3 Å². The van der Waals surface area contributed by atoms with Crippen LogP contribution in [0.3, 0.4) is 0 Å². The summed E-state index contributed by atoms with van der Waals surface area (Å²) in [6.07, 6.45) is -62.4. The number of halogens is 52. The van der Waals surface area contributed by atoms with Crippen molar-refractivity contribution >= 4 is 8.80 Å². The van der Waals surface area contributed by atoms with Crippen LogP contribution in [-0.4, -0.2) is 152 Å². The van der Waals surface area contributed by atoms with Crippen LogP contribution in [0.2, 0.25) is 0 Å². The van der Waals surface area contributed by atoms with Gasteiger partial charge in [-0.3, -0.25) is 0 Å². The Balaban J connectivity index is 8.75. The van der Waals surface area contributed by atoms with Gasteiger partial charge in [0, 0.05) is 0 Å². The molecule has 0 spiro atoms. The van der Waals surface area contributed by atoms with Gasteiger partial charge >= 0.3 is 152 Å². The predicted octanol–water partition coefficient (Wildman–Crippen LogP) is 16.3. The Labute approximate surface area is 395 Å². The molecule has 0 heterocycles. The van der Waals surface area contributed by atoms with E-state index in [9.17, 15) is 220 Å². The first-order chi connectivity index (χ1) is 33.4. The lowest BCUT2D eigenvalue weighted by Gasteiger charge is -2.48. The minimum atomic E-state index is -12.5. The molecular weight excluding hydrogens is 1350 g/mol.